The molecule has 25 heavy (non-hydrogen) atoms. The molecule has 1 aliphatic rings. The summed E-state index contributed by atoms with van der Waals surface area (Å²) in [5, 5.41) is 11.7. The highest BCUT2D eigenvalue weighted by atomic mass is 16.3. The Balaban J connectivity index is 1.62. The van der Waals surface area contributed by atoms with Gasteiger partial charge in [0.2, 0.25) is 0 Å². The number of hydrogen-bond acceptors (Lipinski definition) is 5. The van der Waals surface area contributed by atoms with Gasteiger partial charge < -0.3 is 14.3 Å². The molecule has 0 fully saturated rings. The maximum absolute atomic E-state index is 12.4. The van der Waals surface area contributed by atoms with E-state index in [0.717, 1.165) is 22.4 Å². The van der Waals surface area contributed by atoms with Crippen molar-refractivity contribution >= 4 is 17.3 Å². The molecule has 1 aromatic carbocycles. The summed E-state index contributed by atoms with van der Waals surface area (Å²) in [7, 11) is 1.68. The second-order valence-corrected chi connectivity index (χ2v) is 5.68. The Morgan fingerprint density at radius 1 is 1.40 bits per heavy atom. The van der Waals surface area contributed by atoms with Crippen LogP contribution in [0.4, 0.5) is 5.69 Å². The van der Waals surface area contributed by atoms with Crippen LogP contribution < -0.4 is 5.32 Å². The molecule has 3 aromatic rings. The Labute approximate surface area is 143 Å². The van der Waals surface area contributed by atoms with Gasteiger partial charge in [-0.25, -0.2) is 4.98 Å². The van der Waals surface area contributed by atoms with Crippen molar-refractivity contribution in [3.05, 3.63) is 71.2 Å². The molecule has 122 valence electrons. The summed E-state index contributed by atoms with van der Waals surface area (Å²) in [5.41, 5.74) is 4.67. The van der Waals surface area contributed by atoms with E-state index in [1.807, 2.05) is 30.3 Å². The minimum absolute atomic E-state index is 0.181. The Morgan fingerprint density at radius 2 is 2.28 bits per heavy atom. The van der Waals surface area contributed by atoms with E-state index in [2.05, 4.69) is 15.3 Å². The van der Waals surface area contributed by atoms with Gasteiger partial charge in [-0.3, -0.25) is 9.79 Å². The van der Waals surface area contributed by atoms with Gasteiger partial charge in [0, 0.05) is 30.1 Å². The highest BCUT2D eigenvalue weighted by Crippen LogP contribution is 2.26. The summed E-state index contributed by atoms with van der Waals surface area (Å²) in [4.78, 5) is 21.0. The van der Waals surface area contributed by atoms with Crippen LogP contribution in [0.2, 0.25) is 0 Å². The quantitative estimate of drug-likeness (QED) is 0.797. The third-order valence-corrected chi connectivity index (χ3v) is 4.02. The Kier molecular flexibility index (Phi) is 3.43. The number of nitrogens with zero attached hydrogens (tertiary/aromatic N) is 4. The first-order valence-corrected chi connectivity index (χ1v) is 7.61. The van der Waals surface area contributed by atoms with Crippen LogP contribution in [0.1, 0.15) is 33.0 Å². The largest absolute Gasteiger partial charge is 0.472 e. The number of furan rings is 1. The van der Waals surface area contributed by atoms with E-state index in [1.54, 1.807) is 19.6 Å². The first-order valence-electron chi connectivity index (χ1n) is 7.61. The van der Waals surface area contributed by atoms with Crippen molar-refractivity contribution in [3.63, 3.8) is 0 Å². The molecular formula is C18H13N5O2. The number of nitriles is 1. The summed E-state index contributed by atoms with van der Waals surface area (Å²) >= 11 is 0. The van der Waals surface area contributed by atoms with Gasteiger partial charge in [0.1, 0.15) is 6.07 Å². The fourth-order valence-corrected chi connectivity index (χ4v) is 2.83. The van der Waals surface area contributed by atoms with Crippen LogP contribution in [0, 0.1) is 11.3 Å². The van der Waals surface area contributed by atoms with Crippen LogP contribution in [0.5, 0.6) is 0 Å². The molecule has 4 rings (SSSR count). The number of rotatable bonds is 3. The van der Waals surface area contributed by atoms with Gasteiger partial charge in [-0.15, -0.1) is 0 Å². The number of fused-ring (bicyclic) bond motifs is 1. The minimum atomic E-state index is -0.372. The van der Waals surface area contributed by atoms with E-state index in [-0.39, 0.29) is 17.4 Å². The van der Waals surface area contributed by atoms with Crippen LogP contribution in [0.3, 0.4) is 0 Å². The van der Waals surface area contributed by atoms with E-state index < -0.39 is 0 Å². The number of carbonyl (C=O) groups excluding carboxylic acids is 1. The topological polar surface area (TPSA) is 96.2 Å². The van der Waals surface area contributed by atoms with E-state index >= 15 is 0 Å². The third kappa shape index (κ3) is 2.60. The molecule has 0 bridgehead atoms. The Bertz CT molecular complexity index is 1040. The van der Waals surface area contributed by atoms with Crippen molar-refractivity contribution in [1.82, 2.24) is 9.55 Å². The molecule has 7 nitrogen and oxygen atoms in total. The molecule has 3 heterocycles. The average molecular weight is 331 g/mol. The molecule has 0 aliphatic carbocycles. The molecule has 1 N–H and O–H groups in total. The lowest BCUT2D eigenvalue weighted by molar-refractivity contribution is 0.101. The van der Waals surface area contributed by atoms with Crippen LogP contribution in [-0.2, 0) is 13.6 Å². The molecule has 0 radical (unpaired) electrons. The van der Waals surface area contributed by atoms with Crippen molar-refractivity contribution in [2.24, 2.45) is 12.0 Å². The smallest absolute Gasteiger partial charge is 0.291 e. The van der Waals surface area contributed by atoms with E-state index in [9.17, 15) is 4.79 Å². The highest BCUT2D eigenvalue weighted by Gasteiger charge is 2.20. The van der Waals surface area contributed by atoms with Crippen molar-refractivity contribution < 1.29 is 9.21 Å². The SMILES string of the molecule is Cn1cc(C#N)nc1C(=O)Nc1ccc2c(c1)C(c1ccoc1)=NC2. The number of nitrogens with one attached hydrogen (secondary N) is 1. The summed E-state index contributed by atoms with van der Waals surface area (Å²) in [6, 6.07) is 9.45. The fourth-order valence-electron chi connectivity index (χ4n) is 2.83. The zero-order valence-electron chi connectivity index (χ0n) is 13.4. The number of amides is 1. The van der Waals surface area contributed by atoms with Gasteiger partial charge in [0.05, 0.1) is 24.8 Å². The zero-order chi connectivity index (χ0) is 17.4. The molecule has 0 saturated carbocycles. The first kappa shape index (κ1) is 14.9. The molecule has 2 aromatic heterocycles. The predicted molar refractivity (Wildman–Crippen MR) is 90.4 cm³/mol. The van der Waals surface area contributed by atoms with Gasteiger partial charge in [-0.1, -0.05) is 6.07 Å². The molecule has 0 saturated heterocycles. The minimum Gasteiger partial charge on any atom is -0.472 e. The van der Waals surface area contributed by atoms with Crippen molar-refractivity contribution in [1.29, 1.82) is 5.26 Å². The van der Waals surface area contributed by atoms with E-state index in [4.69, 9.17) is 9.68 Å². The lowest BCUT2D eigenvalue weighted by Crippen LogP contribution is -2.17. The number of benzene rings is 1. The standard InChI is InChI=1S/C18H13N5O2/c1-23-9-14(7-19)21-17(23)18(24)22-13-3-2-11-8-20-16(15(11)6-13)12-4-5-25-10-12/h2-6,9-10H,8H2,1H3,(H,22,24). The second-order valence-electron chi connectivity index (χ2n) is 5.68. The summed E-state index contributed by atoms with van der Waals surface area (Å²) in [6.07, 6.45) is 4.77. The monoisotopic (exact) mass is 331 g/mol. The lowest BCUT2D eigenvalue weighted by atomic mass is 10.0. The number of carbonyl (C=O) groups is 1. The van der Waals surface area contributed by atoms with Crippen LogP contribution in [0.25, 0.3) is 0 Å². The maximum Gasteiger partial charge on any atom is 0.291 e. The van der Waals surface area contributed by atoms with Gasteiger partial charge in [-0.05, 0) is 23.8 Å². The number of anilines is 1. The maximum atomic E-state index is 12.4. The third-order valence-electron chi connectivity index (χ3n) is 4.02. The van der Waals surface area contributed by atoms with Crippen molar-refractivity contribution in [2.75, 3.05) is 5.32 Å². The van der Waals surface area contributed by atoms with Gasteiger partial charge in [0.15, 0.2) is 11.5 Å². The number of imidazole rings is 1. The number of aromatic nitrogens is 2. The zero-order valence-corrected chi connectivity index (χ0v) is 13.4. The molecule has 1 aliphatic heterocycles. The van der Waals surface area contributed by atoms with E-state index in [0.29, 0.717) is 12.2 Å². The second kappa shape index (κ2) is 5.76. The molecule has 0 spiro atoms. The van der Waals surface area contributed by atoms with Gasteiger partial charge in [0.25, 0.3) is 5.91 Å². The highest BCUT2D eigenvalue weighted by molar-refractivity contribution is 6.15. The summed E-state index contributed by atoms with van der Waals surface area (Å²) < 4.78 is 6.66. The van der Waals surface area contributed by atoms with Crippen LogP contribution in [0.15, 0.2) is 52.4 Å². The summed E-state index contributed by atoms with van der Waals surface area (Å²) in [6.45, 7) is 0.606. The predicted octanol–water partition coefficient (Wildman–Crippen LogP) is 2.49. The molecule has 0 atom stereocenters. The molecule has 1 amide bonds. The van der Waals surface area contributed by atoms with Crippen molar-refractivity contribution in [3.8, 4) is 6.07 Å². The summed E-state index contributed by atoms with van der Waals surface area (Å²) in [5.74, 6) is -0.190. The number of aliphatic imine (C=N–C) groups is 1. The average Bonchev–Trinajstić information content (AvgIpc) is 3.32. The fraction of sp³-hybridized carbons (Fsp3) is 0.111. The van der Waals surface area contributed by atoms with Crippen LogP contribution in [-0.4, -0.2) is 21.2 Å². The van der Waals surface area contributed by atoms with Gasteiger partial charge >= 0.3 is 0 Å². The Morgan fingerprint density at radius 3 is 3.00 bits per heavy atom. The molecule has 0 unspecified atom stereocenters. The Hall–Kier alpha value is -3.66. The molecular weight excluding hydrogens is 318 g/mol. The first-order chi connectivity index (χ1) is 12.2. The van der Waals surface area contributed by atoms with E-state index in [1.165, 1.54) is 10.8 Å². The van der Waals surface area contributed by atoms with Crippen molar-refractivity contribution in [2.45, 2.75) is 6.54 Å². The van der Waals surface area contributed by atoms with Crippen LogP contribution >= 0.6 is 0 Å². The number of aryl methyl sites for hydroxylation is 1. The molecule has 7 heteroatoms. The normalized spacial score (nSPS) is 12.4. The van der Waals surface area contributed by atoms with Gasteiger partial charge in [-0.2, -0.15) is 5.26 Å². The lowest BCUT2D eigenvalue weighted by Gasteiger charge is -2.08. The number of hydrogen-bond donors (Lipinski definition) is 1.